The van der Waals surface area contributed by atoms with Gasteiger partial charge in [-0.15, -0.1) is 0 Å². The first-order chi connectivity index (χ1) is 6.56. The maximum atomic E-state index is 9.93. The molecule has 0 amide bonds. The summed E-state index contributed by atoms with van der Waals surface area (Å²) in [4.78, 5) is 0. The van der Waals surface area contributed by atoms with Crippen LogP contribution in [0.3, 0.4) is 0 Å². The molecular formula is C11H16ClNO. The van der Waals surface area contributed by atoms with Crippen LogP contribution in [0.15, 0.2) is 18.2 Å². The average Bonchev–Trinajstić information content (AvgIpc) is 2.19. The van der Waals surface area contributed by atoms with Gasteiger partial charge in [-0.1, -0.05) is 36.2 Å². The Bertz CT molecular complexity index is 314. The molecule has 0 aliphatic heterocycles. The topological polar surface area (TPSA) is 46.2 Å². The van der Waals surface area contributed by atoms with E-state index in [-0.39, 0.29) is 5.92 Å². The van der Waals surface area contributed by atoms with Gasteiger partial charge >= 0.3 is 0 Å². The van der Waals surface area contributed by atoms with Gasteiger partial charge < -0.3 is 10.8 Å². The van der Waals surface area contributed by atoms with Gasteiger partial charge in [0.1, 0.15) is 0 Å². The lowest BCUT2D eigenvalue weighted by molar-refractivity contribution is 0.122. The van der Waals surface area contributed by atoms with E-state index in [2.05, 4.69) is 0 Å². The number of halogens is 1. The maximum Gasteiger partial charge on any atom is 0.0842 e. The lowest BCUT2D eigenvalue weighted by atomic mass is 9.96. The minimum atomic E-state index is -0.576. The summed E-state index contributed by atoms with van der Waals surface area (Å²) >= 11 is 5.99. The Morgan fingerprint density at radius 1 is 1.50 bits per heavy atom. The molecule has 3 heteroatoms. The standard InChI is InChI=1S/C11H16ClNO/c1-7-3-4-10(12)9(5-7)11(14)8(2)6-13/h3-5,8,11,14H,6,13H2,1-2H3. The first-order valence-electron chi connectivity index (χ1n) is 4.70. The summed E-state index contributed by atoms with van der Waals surface area (Å²) < 4.78 is 0. The Labute approximate surface area is 89.7 Å². The summed E-state index contributed by atoms with van der Waals surface area (Å²) in [7, 11) is 0. The predicted octanol–water partition coefficient (Wildman–Crippen LogP) is 2.28. The molecule has 0 bridgehead atoms. The summed E-state index contributed by atoms with van der Waals surface area (Å²) in [5.74, 6) is 0.0225. The quantitative estimate of drug-likeness (QED) is 0.809. The fourth-order valence-electron chi connectivity index (χ4n) is 1.33. The zero-order valence-electron chi connectivity index (χ0n) is 8.50. The Hall–Kier alpha value is -0.570. The number of benzene rings is 1. The number of aliphatic hydroxyl groups is 1. The van der Waals surface area contributed by atoms with Crippen LogP contribution in [0, 0.1) is 12.8 Å². The Morgan fingerprint density at radius 3 is 2.71 bits per heavy atom. The molecule has 0 radical (unpaired) electrons. The van der Waals surface area contributed by atoms with Crippen LogP contribution in [0.2, 0.25) is 5.02 Å². The molecule has 2 unspecified atom stereocenters. The molecule has 3 N–H and O–H groups in total. The lowest BCUT2D eigenvalue weighted by Crippen LogP contribution is -2.19. The van der Waals surface area contributed by atoms with Crippen molar-refractivity contribution in [1.82, 2.24) is 0 Å². The van der Waals surface area contributed by atoms with E-state index in [0.29, 0.717) is 11.6 Å². The predicted molar refractivity (Wildman–Crippen MR) is 59.4 cm³/mol. The fraction of sp³-hybridized carbons (Fsp3) is 0.455. The van der Waals surface area contributed by atoms with Gasteiger partial charge in [0, 0.05) is 5.02 Å². The largest absolute Gasteiger partial charge is 0.388 e. The van der Waals surface area contributed by atoms with Gasteiger partial charge in [-0.05, 0) is 31.0 Å². The first-order valence-corrected chi connectivity index (χ1v) is 5.08. The van der Waals surface area contributed by atoms with Gasteiger partial charge in [0.2, 0.25) is 0 Å². The third-order valence-corrected chi connectivity index (χ3v) is 2.73. The molecule has 1 aromatic carbocycles. The van der Waals surface area contributed by atoms with Crippen molar-refractivity contribution < 1.29 is 5.11 Å². The van der Waals surface area contributed by atoms with Gasteiger partial charge in [-0.25, -0.2) is 0 Å². The molecule has 0 spiro atoms. The fourth-order valence-corrected chi connectivity index (χ4v) is 1.55. The summed E-state index contributed by atoms with van der Waals surface area (Å²) in [5.41, 5.74) is 7.35. The molecule has 0 saturated carbocycles. The highest BCUT2D eigenvalue weighted by molar-refractivity contribution is 6.31. The van der Waals surface area contributed by atoms with E-state index in [4.69, 9.17) is 17.3 Å². The van der Waals surface area contributed by atoms with Crippen molar-refractivity contribution >= 4 is 11.6 Å². The minimum absolute atomic E-state index is 0.0225. The summed E-state index contributed by atoms with van der Waals surface area (Å²) in [6.07, 6.45) is -0.576. The number of aliphatic hydroxyl groups excluding tert-OH is 1. The molecular weight excluding hydrogens is 198 g/mol. The highest BCUT2D eigenvalue weighted by Gasteiger charge is 2.17. The highest BCUT2D eigenvalue weighted by Crippen LogP contribution is 2.28. The van der Waals surface area contributed by atoms with Crippen LogP contribution < -0.4 is 5.73 Å². The smallest absolute Gasteiger partial charge is 0.0842 e. The third kappa shape index (κ3) is 2.47. The number of nitrogens with two attached hydrogens (primary N) is 1. The second kappa shape index (κ2) is 4.78. The van der Waals surface area contributed by atoms with E-state index < -0.39 is 6.10 Å². The molecule has 0 heterocycles. The van der Waals surface area contributed by atoms with Crippen molar-refractivity contribution in [1.29, 1.82) is 0 Å². The van der Waals surface area contributed by atoms with Gasteiger partial charge in [0.05, 0.1) is 6.10 Å². The molecule has 1 aromatic rings. The second-order valence-corrected chi connectivity index (χ2v) is 4.09. The van der Waals surface area contributed by atoms with Crippen LogP contribution >= 0.6 is 11.6 Å². The highest BCUT2D eigenvalue weighted by atomic mass is 35.5. The average molecular weight is 214 g/mol. The Morgan fingerprint density at radius 2 is 2.14 bits per heavy atom. The molecule has 2 nitrogen and oxygen atoms in total. The normalized spacial score (nSPS) is 15.2. The number of rotatable bonds is 3. The third-order valence-electron chi connectivity index (χ3n) is 2.38. The van der Waals surface area contributed by atoms with Crippen molar-refractivity contribution in [3.8, 4) is 0 Å². The zero-order chi connectivity index (χ0) is 10.7. The van der Waals surface area contributed by atoms with E-state index >= 15 is 0 Å². The van der Waals surface area contributed by atoms with Gasteiger partial charge in [0.15, 0.2) is 0 Å². The molecule has 0 aliphatic rings. The molecule has 78 valence electrons. The van der Waals surface area contributed by atoms with Crippen molar-refractivity contribution in [2.24, 2.45) is 11.7 Å². The van der Waals surface area contributed by atoms with Crippen molar-refractivity contribution in [3.05, 3.63) is 34.3 Å². The van der Waals surface area contributed by atoms with E-state index in [0.717, 1.165) is 11.1 Å². The maximum absolute atomic E-state index is 9.93. The summed E-state index contributed by atoms with van der Waals surface area (Å²) in [6.45, 7) is 4.33. The van der Waals surface area contributed by atoms with Crippen molar-refractivity contribution in [2.75, 3.05) is 6.54 Å². The summed E-state index contributed by atoms with van der Waals surface area (Å²) in [6, 6.07) is 5.63. The Balaban J connectivity index is 2.99. The summed E-state index contributed by atoms with van der Waals surface area (Å²) in [5, 5.41) is 10.5. The van der Waals surface area contributed by atoms with Crippen LogP contribution in [-0.2, 0) is 0 Å². The van der Waals surface area contributed by atoms with Crippen molar-refractivity contribution in [2.45, 2.75) is 20.0 Å². The van der Waals surface area contributed by atoms with Gasteiger partial charge in [-0.3, -0.25) is 0 Å². The van der Waals surface area contributed by atoms with E-state index in [1.54, 1.807) is 6.07 Å². The first kappa shape index (κ1) is 11.5. The molecule has 0 saturated heterocycles. The van der Waals surface area contributed by atoms with E-state index in [1.165, 1.54) is 0 Å². The monoisotopic (exact) mass is 213 g/mol. The minimum Gasteiger partial charge on any atom is -0.388 e. The van der Waals surface area contributed by atoms with E-state index in [1.807, 2.05) is 26.0 Å². The molecule has 0 aliphatic carbocycles. The van der Waals surface area contributed by atoms with Crippen LogP contribution in [0.4, 0.5) is 0 Å². The molecule has 0 fully saturated rings. The van der Waals surface area contributed by atoms with Crippen molar-refractivity contribution in [3.63, 3.8) is 0 Å². The zero-order valence-corrected chi connectivity index (χ0v) is 9.25. The number of hydrogen-bond donors (Lipinski definition) is 2. The van der Waals surface area contributed by atoms with E-state index in [9.17, 15) is 5.11 Å². The molecule has 1 rings (SSSR count). The van der Waals surface area contributed by atoms with Crippen LogP contribution in [0.25, 0.3) is 0 Å². The van der Waals surface area contributed by atoms with Crippen LogP contribution in [0.1, 0.15) is 24.2 Å². The number of aryl methyl sites for hydroxylation is 1. The van der Waals surface area contributed by atoms with Crippen LogP contribution in [0.5, 0.6) is 0 Å². The SMILES string of the molecule is Cc1ccc(Cl)c(C(O)C(C)CN)c1. The number of hydrogen-bond acceptors (Lipinski definition) is 2. The van der Waals surface area contributed by atoms with Gasteiger partial charge in [-0.2, -0.15) is 0 Å². The van der Waals surface area contributed by atoms with Crippen LogP contribution in [-0.4, -0.2) is 11.7 Å². The second-order valence-electron chi connectivity index (χ2n) is 3.68. The van der Waals surface area contributed by atoms with Gasteiger partial charge in [0.25, 0.3) is 0 Å². The molecule has 0 aromatic heterocycles. The molecule has 2 atom stereocenters. The lowest BCUT2D eigenvalue weighted by Gasteiger charge is -2.18. The molecule has 14 heavy (non-hydrogen) atoms. The Kier molecular flexibility index (Phi) is 3.93.